The summed E-state index contributed by atoms with van der Waals surface area (Å²) in [5, 5.41) is 4.51. The molecule has 0 radical (unpaired) electrons. The lowest BCUT2D eigenvalue weighted by molar-refractivity contribution is 0.371. The lowest BCUT2D eigenvalue weighted by Crippen LogP contribution is -2.52. The molecule has 2 aromatic rings. The molecule has 1 aliphatic rings. The molecular formula is C20H29FIN5S. The number of para-hydroxylation sites is 1. The van der Waals surface area contributed by atoms with E-state index in [1.54, 1.807) is 17.4 Å². The number of rotatable bonds is 5. The molecule has 2 heterocycles. The number of aryl methyl sites for hydroxylation is 2. The third-order valence-corrected chi connectivity index (χ3v) is 5.84. The van der Waals surface area contributed by atoms with Gasteiger partial charge in [-0.15, -0.1) is 35.3 Å². The van der Waals surface area contributed by atoms with E-state index < -0.39 is 0 Å². The number of nitrogens with zero attached hydrogens (tertiary/aromatic N) is 4. The zero-order chi connectivity index (χ0) is 19.2. The minimum absolute atomic E-state index is 0. The highest BCUT2D eigenvalue weighted by Gasteiger charge is 2.21. The third-order valence-electron chi connectivity index (χ3n) is 4.71. The van der Waals surface area contributed by atoms with Crippen LogP contribution in [0.3, 0.4) is 0 Å². The fraction of sp³-hybridized carbons (Fsp3) is 0.500. The Bertz CT molecular complexity index is 787. The molecule has 1 aliphatic heterocycles. The van der Waals surface area contributed by atoms with E-state index in [-0.39, 0.29) is 29.8 Å². The van der Waals surface area contributed by atoms with Gasteiger partial charge in [-0.3, -0.25) is 4.99 Å². The van der Waals surface area contributed by atoms with Crippen molar-refractivity contribution in [2.45, 2.75) is 27.2 Å². The second-order valence-electron chi connectivity index (χ2n) is 6.65. The number of guanidine groups is 1. The van der Waals surface area contributed by atoms with Crippen molar-refractivity contribution < 1.29 is 4.39 Å². The Morgan fingerprint density at radius 1 is 1.21 bits per heavy atom. The van der Waals surface area contributed by atoms with Crippen molar-refractivity contribution in [3.8, 4) is 0 Å². The van der Waals surface area contributed by atoms with Gasteiger partial charge < -0.3 is 15.1 Å². The normalized spacial score (nSPS) is 14.8. The Labute approximate surface area is 188 Å². The molecular weight excluding hydrogens is 488 g/mol. The Kier molecular flexibility index (Phi) is 8.94. The molecule has 0 aliphatic carbocycles. The van der Waals surface area contributed by atoms with Crippen LogP contribution in [-0.2, 0) is 6.42 Å². The van der Waals surface area contributed by atoms with Crippen LogP contribution in [0.15, 0.2) is 29.3 Å². The van der Waals surface area contributed by atoms with Crippen LogP contribution < -0.4 is 10.2 Å². The van der Waals surface area contributed by atoms with E-state index in [1.165, 1.54) is 10.9 Å². The molecule has 5 nitrogen and oxygen atoms in total. The number of nitrogens with one attached hydrogen (secondary N) is 1. The molecule has 0 atom stereocenters. The molecule has 0 unspecified atom stereocenters. The van der Waals surface area contributed by atoms with E-state index in [1.807, 2.05) is 19.1 Å². The third kappa shape index (κ3) is 5.79. The Morgan fingerprint density at radius 2 is 1.93 bits per heavy atom. The monoisotopic (exact) mass is 517 g/mol. The molecule has 3 rings (SSSR count). The molecule has 1 aromatic carbocycles. The number of anilines is 1. The van der Waals surface area contributed by atoms with Gasteiger partial charge in [0.1, 0.15) is 5.82 Å². The fourth-order valence-electron chi connectivity index (χ4n) is 3.36. The Morgan fingerprint density at radius 3 is 2.54 bits per heavy atom. The smallest absolute Gasteiger partial charge is 0.194 e. The minimum Gasteiger partial charge on any atom is -0.366 e. The average Bonchev–Trinajstić information content (AvgIpc) is 2.99. The van der Waals surface area contributed by atoms with Crippen LogP contribution in [0.25, 0.3) is 0 Å². The number of aliphatic imine (C=N–C) groups is 1. The lowest BCUT2D eigenvalue weighted by Gasteiger charge is -2.37. The summed E-state index contributed by atoms with van der Waals surface area (Å²) in [7, 11) is 0. The first-order valence-electron chi connectivity index (χ1n) is 9.54. The van der Waals surface area contributed by atoms with Crippen molar-refractivity contribution in [3.05, 3.63) is 45.7 Å². The van der Waals surface area contributed by atoms with Gasteiger partial charge in [0, 0.05) is 50.6 Å². The van der Waals surface area contributed by atoms with Crippen molar-refractivity contribution in [2.24, 2.45) is 4.99 Å². The predicted molar refractivity (Wildman–Crippen MR) is 127 cm³/mol. The SMILES string of the molecule is CCNC(=NCCc1sc(C)nc1C)N1CCN(c2ccccc2F)CC1.I. The zero-order valence-corrected chi connectivity index (χ0v) is 19.9. The summed E-state index contributed by atoms with van der Waals surface area (Å²) in [5.41, 5.74) is 1.81. The van der Waals surface area contributed by atoms with Crippen molar-refractivity contribution in [3.63, 3.8) is 0 Å². The summed E-state index contributed by atoms with van der Waals surface area (Å²) < 4.78 is 14.0. The van der Waals surface area contributed by atoms with E-state index >= 15 is 0 Å². The number of thiazole rings is 1. The molecule has 0 bridgehead atoms. The first-order valence-corrected chi connectivity index (χ1v) is 10.4. The van der Waals surface area contributed by atoms with Gasteiger partial charge in [-0.05, 0) is 32.9 Å². The highest BCUT2D eigenvalue weighted by Crippen LogP contribution is 2.20. The van der Waals surface area contributed by atoms with E-state index in [2.05, 4.69) is 33.9 Å². The highest BCUT2D eigenvalue weighted by atomic mass is 127. The molecule has 1 aromatic heterocycles. The van der Waals surface area contributed by atoms with Crippen LogP contribution in [0.1, 0.15) is 22.5 Å². The Balaban J connectivity index is 0.00000280. The molecule has 0 amide bonds. The standard InChI is InChI=1S/C20H28FN5S.HI/c1-4-22-20(23-10-9-19-15(2)24-16(3)27-19)26-13-11-25(12-14-26)18-8-6-5-7-17(18)21;/h5-8H,4,9-14H2,1-3H3,(H,22,23);1H. The first-order chi connectivity index (χ1) is 13.1. The van der Waals surface area contributed by atoms with Crippen LogP contribution in [0.4, 0.5) is 10.1 Å². The molecule has 1 saturated heterocycles. The quantitative estimate of drug-likeness (QED) is 0.372. The first kappa shape index (κ1) is 22.9. The summed E-state index contributed by atoms with van der Waals surface area (Å²) in [5.74, 6) is 0.798. The van der Waals surface area contributed by atoms with Gasteiger partial charge in [0.25, 0.3) is 0 Å². The minimum atomic E-state index is -0.151. The molecule has 0 saturated carbocycles. The predicted octanol–water partition coefficient (Wildman–Crippen LogP) is 3.85. The highest BCUT2D eigenvalue weighted by molar-refractivity contribution is 14.0. The molecule has 154 valence electrons. The van der Waals surface area contributed by atoms with Crippen molar-refractivity contribution >= 4 is 47.0 Å². The van der Waals surface area contributed by atoms with Gasteiger partial charge >= 0.3 is 0 Å². The summed E-state index contributed by atoms with van der Waals surface area (Å²) in [6.07, 6.45) is 0.918. The van der Waals surface area contributed by atoms with Gasteiger partial charge in [-0.1, -0.05) is 12.1 Å². The Hall–Kier alpha value is -1.42. The van der Waals surface area contributed by atoms with E-state index in [0.29, 0.717) is 5.69 Å². The van der Waals surface area contributed by atoms with Crippen molar-refractivity contribution in [1.82, 2.24) is 15.2 Å². The van der Waals surface area contributed by atoms with Crippen molar-refractivity contribution in [2.75, 3.05) is 44.2 Å². The zero-order valence-electron chi connectivity index (χ0n) is 16.7. The topological polar surface area (TPSA) is 43.8 Å². The number of halogens is 2. The summed E-state index contributed by atoms with van der Waals surface area (Å²) in [6, 6.07) is 7.00. The van der Waals surface area contributed by atoms with Crippen LogP contribution in [0.2, 0.25) is 0 Å². The second-order valence-corrected chi connectivity index (χ2v) is 7.94. The van der Waals surface area contributed by atoms with Gasteiger partial charge in [-0.25, -0.2) is 9.37 Å². The lowest BCUT2D eigenvalue weighted by atomic mass is 10.2. The number of hydrogen-bond acceptors (Lipinski definition) is 4. The maximum absolute atomic E-state index is 14.0. The summed E-state index contributed by atoms with van der Waals surface area (Å²) >= 11 is 1.76. The second kappa shape index (κ2) is 10.9. The van der Waals surface area contributed by atoms with Gasteiger partial charge in [0.2, 0.25) is 0 Å². The number of piperazine rings is 1. The van der Waals surface area contributed by atoms with Crippen molar-refractivity contribution in [1.29, 1.82) is 0 Å². The molecule has 0 spiro atoms. The fourth-order valence-corrected chi connectivity index (χ4v) is 4.29. The average molecular weight is 517 g/mol. The van der Waals surface area contributed by atoms with Crippen LogP contribution >= 0.6 is 35.3 Å². The van der Waals surface area contributed by atoms with E-state index in [9.17, 15) is 4.39 Å². The number of hydrogen-bond donors (Lipinski definition) is 1. The van der Waals surface area contributed by atoms with Crippen LogP contribution in [0.5, 0.6) is 0 Å². The number of benzene rings is 1. The van der Waals surface area contributed by atoms with Crippen LogP contribution in [-0.4, -0.2) is 55.1 Å². The summed E-state index contributed by atoms with van der Waals surface area (Å²) in [6.45, 7) is 11.0. The number of aromatic nitrogens is 1. The molecule has 1 fully saturated rings. The van der Waals surface area contributed by atoms with Gasteiger partial charge in [0.05, 0.1) is 16.4 Å². The van der Waals surface area contributed by atoms with Crippen LogP contribution in [0, 0.1) is 19.7 Å². The van der Waals surface area contributed by atoms with E-state index in [4.69, 9.17) is 4.99 Å². The van der Waals surface area contributed by atoms with Gasteiger partial charge in [-0.2, -0.15) is 0 Å². The maximum atomic E-state index is 14.0. The summed E-state index contributed by atoms with van der Waals surface area (Å²) in [4.78, 5) is 15.0. The molecule has 28 heavy (non-hydrogen) atoms. The molecule has 1 N–H and O–H groups in total. The van der Waals surface area contributed by atoms with Gasteiger partial charge in [0.15, 0.2) is 5.96 Å². The molecule has 8 heteroatoms. The largest absolute Gasteiger partial charge is 0.366 e. The van der Waals surface area contributed by atoms with E-state index in [0.717, 1.165) is 62.4 Å². The maximum Gasteiger partial charge on any atom is 0.194 e.